The van der Waals surface area contributed by atoms with E-state index >= 15 is 0 Å². The minimum Gasteiger partial charge on any atom is -0.390 e. The van der Waals surface area contributed by atoms with Gasteiger partial charge >= 0.3 is 0 Å². The molecule has 2 aromatic carbocycles. The number of nitrogens with one attached hydrogen (secondary N) is 3. The van der Waals surface area contributed by atoms with Gasteiger partial charge < -0.3 is 20.8 Å². The molecule has 3 heterocycles. The molecule has 152 valence electrons. The first-order valence-corrected chi connectivity index (χ1v) is 10.6. The number of carbonyl (C=O) groups excluding carboxylic acids is 1. The van der Waals surface area contributed by atoms with E-state index < -0.39 is 12.2 Å². The lowest BCUT2D eigenvalue weighted by Gasteiger charge is -2.46. The third kappa shape index (κ3) is 2.01. The second-order valence-electron chi connectivity index (χ2n) is 9.27. The van der Waals surface area contributed by atoms with Gasteiger partial charge in [-0.1, -0.05) is 6.07 Å². The van der Waals surface area contributed by atoms with Crippen molar-refractivity contribution in [3.05, 3.63) is 58.8 Å². The zero-order valence-corrected chi connectivity index (χ0v) is 16.2. The molecule has 7 rings (SSSR count). The van der Waals surface area contributed by atoms with Crippen molar-refractivity contribution in [1.29, 1.82) is 0 Å². The van der Waals surface area contributed by atoms with Crippen molar-refractivity contribution in [2.75, 3.05) is 5.32 Å². The average molecular weight is 402 g/mol. The number of carbonyl (C=O) groups is 1. The van der Waals surface area contributed by atoms with Crippen LogP contribution in [0.15, 0.2) is 36.5 Å². The van der Waals surface area contributed by atoms with Gasteiger partial charge in [-0.3, -0.25) is 9.89 Å². The van der Waals surface area contributed by atoms with Gasteiger partial charge in [-0.25, -0.2) is 0 Å². The van der Waals surface area contributed by atoms with E-state index in [1.54, 1.807) is 0 Å². The number of hydrogen-bond donors (Lipinski definition) is 5. The van der Waals surface area contributed by atoms with Crippen molar-refractivity contribution >= 4 is 22.5 Å². The molecule has 30 heavy (non-hydrogen) atoms. The number of benzene rings is 2. The largest absolute Gasteiger partial charge is 0.390 e. The van der Waals surface area contributed by atoms with Crippen LogP contribution < -0.4 is 10.6 Å². The van der Waals surface area contributed by atoms with E-state index in [1.165, 1.54) is 0 Å². The summed E-state index contributed by atoms with van der Waals surface area (Å²) >= 11 is 0. The highest BCUT2D eigenvalue weighted by Crippen LogP contribution is 2.64. The molecule has 0 spiro atoms. The maximum atomic E-state index is 12.3. The predicted octanol–water partition coefficient (Wildman–Crippen LogP) is 2.04. The number of hydrogen-bond acceptors (Lipinski definition) is 5. The van der Waals surface area contributed by atoms with Crippen LogP contribution in [0.5, 0.6) is 0 Å². The lowest BCUT2D eigenvalue weighted by atomic mass is 9.66. The first-order valence-electron chi connectivity index (χ1n) is 10.6. The van der Waals surface area contributed by atoms with E-state index in [2.05, 4.69) is 39.0 Å². The highest BCUT2D eigenvalue weighted by atomic mass is 16.3. The van der Waals surface area contributed by atoms with Crippen molar-refractivity contribution in [2.24, 2.45) is 17.8 Å². The summed E-state index contributed by atoms with van der Waals surface area (Å²) in [5.74, 6) is 0.295. The fourth-order valence-electron chi connectivity index (χ4n) is 6.70. The van der Waals surface area contributed by atoms with Crippen LogP contribution in [0.25, 0.3) is 10.9 Å². The molecule has 2 bridgehead atoms. The van der Waals surface area contributed by atoms with Crippen LogP contribution in [0.3, 0.4) is 0 Å². The van der Waals surface area contributed by atoms with Crippen LogP contribution in [-0.4, -0.2) is 38.5 Å². The molecule has 2 aliphatic heterocycles. The number of nitrogens with zero attached hydrogens (tertiary/aromatic N) is 1. The SMILES string of the molecule is O=C1NCc2cc3c(cc21)[C@H]1C2CC([C@H]1[C@H](c1ccc4[nH]ncc4c1)N3)[C@H](O)[C@@H]2O. The number of H-pyrrole nitrogens is 1. The summed E-state index contributed by atoms with van der Waals surface area (Å²) in [6.45, 7) is 0.552. The summed E-state index contributed by atoms with van der Waals surface area (Å²) in [5.41, 5.74) is 6.06. The Morgan fingerprint density at radius 2 is 1.93 bits per heavy atom. The average Bonchev–Trinajstić information content (AvgIpc) is 3.51. The van der Waals surface area contributed by atoms with E-state index in [0.717, 1.165) is 45.3 Å². The van der Waals surface area contributed by atoms with Gasteiger partial charge in [0.2, 0.25) is 0 Å². The highest BCUT2D eigenvalue weighted by molar-refractivity contribution is 5.99. The Kier molecular flexibility index (Phi) is 3.16. The maximum absolute atomic E-state index is 12.3. The zero-order chi connectivity index (χ0) is 20.1. The molecule has 7 atom stereocenters. The van der Waals surface area contributed by atoms with Crippen molar-refractivity contribution < 1.29 is 15.0 Å². The Labute approximate surface area is 172 Å². The molecule has 1 aromatic heterocycles. The first kappa shape index (κ1) is 16.8. The lowest BCUT2D eigenvalue weighted by molar-refractivity contribution is -0.0467. The van der Waals surface area contributed by atoms with Gasteiger partial charge in [-0.15, -0.1) is 0 Å². The van der Waals surface area contributed by atoms with Gasteiger partial charge in [-0.2, -0.15) is 5.10 Å². The molecule has 7 nitrogen and oxygen atoms in total. The third-order valence-electron chi connectivity index (χ3n) is 7.98. The van der Waals surface area contributed by atoms with Crippen molar-refractivity contribution in [2.45, 2.75) is 37.1 Å². The summed E-state index contributed by atoms with van der Waals surface area (Å²) < 4.78 is 0. The molecule has 0 radical (unpaired) electrons. The Bertz CT molecular complexity index is 1220. The second kappa shape index (κ2) is 5.62. The molecule has 2 aliphatic carbocycles. The smallest absolute Gasteiger partial charge is 0.251 e. The summed E-state index contributed by atoms with van der Waals surface area (Å²) in [4.78, 5) is 12.3. The van der Waals surface area contributed by atoms with E-state index in [4.69, 9.17) is 0 Å². The fraction of sp³-hybridized carbons (Fsp3) is 0.391. The Balaban J connectivity index is 1.41. The Morgan fingerprint density at radius 1 is 1.07 bits per heavy atom. The zero-order valence-electron chi connectivity index (χ0n) is 16.2. The van der Waals surface area contributed by atoms with Gasteiger partial charge in [0, 0.05) is 23.2 Å². The van der Waals surface area contributed by atoms with Crippen LogP contribution in [0, 0.1) is 17.8 Å². The molecule has 2 fully saturated rings. The van der Waals surface area contributed by atoms with Crippen molar-refractivity contribution in [3.8, 4) is 0 Å². The molecule has 7 heteroatoms. The predicted molar refractivity (Wildman–Crippen MR) is 110 cm³/mol. The summed E-state index contributed by atoms with van der Waals surface area (Å²) in [7, 11) is 0. The van der Waals surface area contributed by atoms with Gasteiger partial charge in [0.25, 0.3) is 5.91 Å². The summed E-state index contributed by atoms with van der Waals surface area (Å²) in [5, 5.41) is 36.3. The van der Waals surface area contributed by atoms with Crippen LogP contribution in [-0.2, 0) is 6.54 Å². The number of amides is 1. The van der Waals surface area contributed by atoms with Gasteiger partial charge in [-0.05, 0) is 71.0 Å². The van der Waals surface area contributed by atoms with Gasteiger partial charge in [0.15, 0.2) is 0 Å². The number of aliphatic hydroxyl groups is 2. The van der Waals surface area contributed by atoms with Crippen LogP contribution in [0.2, 0.25) is 0 Å². The van der Waals surface area contributed by atoms with Crippen molar-refractivity contribution in [1.82, 2.24) is 15.5 Å². The summed E-state index contributed by atoms with van der Waals surface area (Å²) in [6.07, 6.45) is 1.24. The molecule has 2 unspecified atom stereocenters. The quantitative estimate of drug-likeness (QED) is 0.428. The van der Waals surface area contributed by atoms with E-state index in [1.807, 2.05) is 18.3 Å². The minimum atomic E-state index is -0.707. The highest BCUT2D eigenvalue weighted by Gasteiger charge is 2.61. The number of aromatic nitrogens is 2. The standard InChI is InChI=1S/C23H22N4O3/c28-21-14-6-15(22(21)29)19-18(14)13-5-12-10(7-24-23(12)30)4-17(13)26-20(19)9-1-2-16-11(3-9)8-25-27-16/h1-5,8,14-15,18-22,26,28-29H,6-7H2,(H,24,30)(H,25,27)/t14?,15?,18-,19+,20-,21+,22-/m0/s1. The van der Waals surface area contributed by atoms with Crippen LogP contribution in [0.4, 0.5) is 5.69 Å². The fourth-order valence-corrected chi connectivity index (χ4v) is 6.70. The third-order valence-corrected chi connectivity index (χ3v) is 7.98. The maximum Gasteiger partial charge on any atom is 0.251 e. The molecule has 0 saturated heterocycles. The normalized spacial score (nSPS) is 35.7. The van der Waals surface area contributed by atoms with Crippen molar-refractivity contribution in [3.63, 3.8) is 0 Å². The van der Waals surface area contributed by atoms with E-state index in [9.17, 15) is 15.0 Å². The molecule has 2 saturated carbocycles. The first-order chi connectivity index (χ1) is 14.6. The van der Waals surface area contributed by atoms with Crippen LogP contribution >= 0.6 is 0 Å². The second-order valence-corrected chi connectivity index (χ2v) is 9.27. The molecule has 1 amide bonds. The topological polar surface area (TPSA) is 110 Å². The number of fused-ring (bicyclic) bond motifs is 9. The minimum absolute atomic E-state index is 0.0125. The number of aromatic amines is 1. The molecular weight excluding hydrogens is 380 g/mol. The van der Waals surface area contributed by atoms with E-state index in [0.29, 0.717) is 6.54 Å². The number of rotatable bonds is 1. The van der Waals surface area contributed by atoms with Crippen LogP contribution in [0.1, 0.15) is 45.4 Å². The number of anilines is 1. The Morgan fingerprint density at radius 3 is 2.83 bits per heavy atom. The molecule has 4 aliphatic rings. The van der Waals surface area contributed by atoms with E-state index in [-0.39, 0.29) is 35.6 Å². The molecular formula is C23H22N4O3. The van der Waals surface area contributed by atoms with Gasteiger partial charge in [0.05, 0.1) is 30.0 Å². The lowest BCUT2D eigenvalue weighted by Crippen LogP contribution is -2.46. The Hall–Kier alpha value is -2.90. The number of aliphatic hydroxyl groups excluding tert-OH is 2. The monoisotopic (exact) mass is 402 g/mol. The summed E-state index contributed by atoms with van der Waals surface area (Å²) in [6, 6.07) is 10.5. The van der Waals surface area contributed by atoms with Gasteiger partial charge in [0.1, 0.15) is 0 Å². The molecule has 5 N–H and O–H groups in total. The molecule has 3 aromatic rings.